The Bertz CT molecular complexity index is 720. The minimum atomic E-state index is -0.726. The van der Waals surface area contributed by atoms with Crippen molar-refractivity contribution in [3.05, 3.63) is 46.4 Å². The second-order valence-electron chi connectivity index (χ2n) is 4.41. The lowest BCUT2D eigenvalue weighted by molar-refractivity contribution is 0.151. The number of hydrogen-bond acceptors (Lipinski definition) is 4. The fourth-order valence-electron chi connectivity index (χ4n) is 2.00. The molecule has 1 unspecified atom stereocenters. The molecule has 19 heavy (non-hydrogen) atoms. The molecule has 0 aliphatic rings. The van der Waals surface area contributed by atoms with E-state index in [4.69, 9.17) is 4.42 Å². The fourth-order valence-corrected chi connectivity index (χ4v) is 2.46. The second kappa shape index (κ2) is 4.79. The van der Waals surface area contributed by atoms with Gasteiger partial charge in [0.15, 0.2) is 0 Å². The molecule has 0 fully saturated rings. The van der Waals surface area contributed by atoms with E-state index < -0.39 is 6.10 Å². The van der Waals surface area contributed by atoms with Crippen molar-refractivity contribution in [3.8, 4) is 0 Å². The topological polar surface area (TPSA) is 64.1 Å². The number of aryl methyl sites for hydroxylation is 1. The van der Waals surface area contributed by atoms with Gasteiger partial charge in [-0.2, -0.15) is 0 Å². The van der Waals surface area contributed by atoms with Crippen LogP contribution in [0.15, 0.2) is 39.4 Å². The van der Waals surface area contributed by atoms with E-state index in [2.05, 4.69) is 26.2 Å². The van der Waals surface area contributed by atoms with Gasteiger partial charge in [0, 0.05) is 25.1 Å². The molecule has 0 aliphatic heterocycles. The number of fused-ring (bicyclic) bond motifs is 1. The van der Waals surface area contributed by atoms with Gasteiger partial charge in [-0.1, -0.05) is 17.3 Å². The second-order valence-corrected chi connectivity index (χ2v) is 5.26. The number of hydrogen-bond donors (Lipinski definition) is 1. The third-order valence-electron chi connectivity index (χ3n) is 2.90. The highest BCUT2D eigenvalue weighted by atomic mass is 79.9. The minimum Gasteiger partial charge on any atom is -0.457 e. The van der Waals surface area contributed by atoms with E-state index in [-0.39, 0.29) is 0 Å². The molecule has 0 amide bonds. The van der Waals surface area contributed by atoms with Crippen molar-refractivity contribution in [2.75, 3.05) is 0 Å². The van der Waals surface area contributed by atoms with Gasteiger partial charge in [0.05, 0.1) is 10.2 Å². The predicted octanol–water partition coefficient (Wildman–Crippen LogP) is 2.60. The van der Waals surface area contributed by atoms with E-state index in [0.717, 1.165) is 21.1 Å². The van der Waals surface area contributed by atoms with Gasteiger partial charge < -0.3 is 9.52 Å². The maximum absolute atomic E-state index is 10.2. The Morgan fingerprint density at radius 3 is 3.00 bits per heavy atom. The Balaban J connectivity index is 1.89. The first-order chi connectivity index (χ1) is 9.13. The smallest absolute Gasteiger partial charge is 0.148 e. The van der Waals surface area contributed by atoms with Crippen molar-refractivity contribution in [2.24, 2.45) is 7.05 Å². The Morgan fingerprint density at radius 2 is 2.32 bits per heavy atom. The monoisotopic (exact) mass is 321 g/mol. The first-order valence-electron chi connectivity index (χ1n) is 5.84. The number of aliphatic hydroxyl groups is 1. The van der Waals surface area contributed by atoms with Crippen molar-refractivity contribution in [1.82, 2.24) is 15.0 Å². The van der Waals surface area contributed by atoms with Gasteiger partial charge in [-0.15, -0.1) is 5.10 Å². The van der Waals surface area contributed by atoms with Crippen molar-refractivity contribution < 1.29 is 9.52 Å². The molecular formula is C13H12BrN3O2. The zero-order valence-corrected chi connectivity index (χ0v) is 11.8. The lowest BCUT2D eigenvalue weighted by atomic mass is 10.1. The Labute approximate surface area is 118 Å². The molecule has 2 aromatic heterocycles. The van der Waals surface area contributed by atoms with Crippen LogP contribution < -0.4 is 0 Å². The standard InChI is InChI=1S/C13H12BrN3O2/c1-17-7-9(15-16-17)6-11(18)12-5-8-3-2-4-10(14)13(8)19-12/h2-5,7,11,18H,6H2,1H3. The summed E-state index contributed by atoms with van der Waals surface area (Å²) in [5.74, 6) is 0.535. The Morgan fingerprint density at radius 1 is 1.47 bits per heavy atom. The van der Waals surface area contributed by atoms with Gasteiger partial charge in [0.1, 0.15) is 17.4 Å². The van der Waals surface area contributed by atoms with E-state index in [1.54, 1.807) is 17.9 Å². The normalized spacial score (nSPS) is 13.0. The van der Waals surface area contributed by atoms with Crippen LogP contribution in [0.1, 0.15) is 17.6 Å². The average molecular weight is 322 g/mol. The summed E-state index contributed by atoms with van der Waals surface area (Å²) in [6.45, 7) is 0. The van der Waals surface area contributed by atoms with Crippen LogP contribution in [-0.4, -0.2) is 20.1 Å². The molecule has 0 radical (unpaired) electrons. The van der Waals surface area contributed by atoms with Gasteiger partial charge in [-0.3, -0.25) is 4.68 Å². The predicted molar refractivity (Wildman–Crippen MR) is 73.6 cm³/mol. The zero-order chi connectivity index (χ0) is 13.4. The molecule has 1 atom stereocenters. The number of aliphatic hydroxyl groups excluding tert-OH is 1. The number of rotatable bonds is 3. The molecule has 0 aliphatic carbocycles. The summed E-state index contributed by atoms with van der Waals surface area (Å²) in [6.07, 6.45) is 1.43. The van der Waals surface area contributed by atoms with Crippen LogP contribution in [0.3, 0.4) is 0 Å². The zero-order valence-electron chi connectivity index (χ0n) is 10.2. The van der Waals surface area contributed by atoms with Gasteiger partial charge in [0.2, 0.25) is 0 Å². The molecule has 0 saturated carbocycles. The largest absolute Gasteiger partial charge is 0.457 e. The summed E-state index contributed by atoms with van der Waals surface area (Å²) in [4.78, 5) is 0. The summed E-state index contributed by atoms with van der Waals surface area (Å²) in [5, 5.41) is 18.9. The Hall–Kier alpha value is -1.66. The maximum Gasteiger partial charge on any atom is 0.148 e. The summed E-state index contributed by atoms with van der Waals surface area (Å²) >= 11 is 3.43. The summed E-state index contributed by atoms with van der Waals surface area (Å²) < 4.78 is 8.17. The van der Waals surface area contributed by atoms with Crippen LogP contribution in [0.2, 0.25) is 0 Å². The summed E-state index contributed by atoms with van der Waals surface area (Å²) in [6, 6.07) is 7.63. The number of benzene rings is 1. The number of para-hydroxylation sites is 1. The lowest BCUT2D eigenvalue weighted by Crippen LogP contribution is -2.00. The molecule has 5 nitrogen and oxygen atoms in total. The molecule has 6 heteroatoms. The van der Waals surface area contributed by atoms with Crippen molar-refractivity contribution in [3.63, 3.8) is 0 Å². The van der Waals surface area contributed by atoms with Crippen molar-refractivity contribution in [2.45, 2.75) is 12.5 Å². The van der Waals surface area contributed by atoms with E-state index in [0.29, 0.717) is 12.2 Å². The molecule has 2 heterocycles. The van der Waals surface area contributed by atoms with Gasteiger partial charge in [-0.05, 0) is 28.1 Å². The minimum absolute atomic E-state index is 0.380. The fraction of sp³-hybridized carbons (Fsp3) is 0.231. The molecule has 3 rings (SSSR count). The quantitative estimate of drug-likeness (QED) is 0.805. The molecule has 98 valence electrons. The lowest BCUT2D eigenvalue weighted by Gasteiger charge is -2.03. The van der Waals surface area contributed by atoms with Crippen molar-refractivity contribution >= 4 is 26.9 Å². The van der Waals surface area contributed by atoms with Crippen LogP contribution in [0.4, 0.5) is 0 Å². The highest BCUT2D eigenvalue weighted by Crippen LogP contribution is 2.30. The average Bonchev–Trinajstić information content (AvgIpc) is 2.96. The van der Waals surface area contributed by atoms with Crippen LogP contribution in [0.5, 0.6) is 0 Å². The molecule has 3 aromatic rings. The van der Waals surface area contributed by atoms with E-state index in [1.807, 2.05) is 24.3 Å². The van der Waals surface area contributed by atoms with Crippen LogP contribution in [0.25, 0.3) is 11.0 Å². The van der Waals surface area contributed by atoms with Gasteiger partial charge in [-0.25, -0.2) is 0 Å². The highest BCUT2D eigenvalue weighted by molar-refractivity contribution is 9.10. The van der Waals surface area contributed by atoms with Gasteiger partial charge in [0.25, 0.3) is 0 Å². The molecule has 1 aromatic carbocycles. The number of aromatic nitrogens is 3. The molecular weight excluding hydrogens is 310 g/mol. The molecule has 0 saturated heterocycles. The van der Waals surface area contributed by atoms with Crippen molar-refractivity contribution in [1.29, 1.82) is 0 Å². The third-order valence-corrected chi connectivity index (χ3v) is 3.52. The van der Waals surface area contributed by atoms with E-state index in [9.17, 15) is 5.11 Å². The molecule has 0 bridgehead atoms. The first kappa shape index (κ1) is 12.4. The van der Waals surface area contributed by atoms with E-state index >= 15 is 0 Å². The number of halogens is 1. The molecule has 0 spiro atoms. The van der Waals surface area contributed by atoms with Crippen LogP contribution in [-0.2, 0) is 13.5 Å². The van der Waals surface area contributed by atoms with Gasteiger partial charge >= 0.3 is 0 Å². The Kier molecular flexibility index (Phi) is 3.12. The van der Waals surface area contributed by atoms with Crippen LogP contribution >= 0.6 is 15.9 Å². The first-order valence-corrected chi connectivity index (χ1v) is 6.64. The number of nitrogens with zero attached hydrogens (tertiary/aromatic N) is 3. The molecule has 1 N–H and O–H groups in total. The third kappa shape index (κ3) is 2.41. The summed E-state index contributed by atoms with van der Waals surface area (Å²) in [7, 11) is 1.79. The summed E-state index contributed by atoms with van der Waals surface area (Å²) in [5.41, 5.74) is 1.48. The highest BCUT2D eigenvalue weighted by Gasteiger charge is 2.16. The van der Waals surface area contributed by atoms with Crippen LogP contribution in [0, 0.1) is 0 Å². The number of furan rings is 1. The van der Waals surface area contributed by atoms with E-state index in [1.165, 1.54) is 0 Å². The SMILES string of the molecule is Cn1cc(CC(O)c2cc3cccc(Br)c3o2)nn1. The maximum atomic E-state index is 10.2.